The van der Waals surface area contributed by atoms with Gasteiger partial charge in [-0.1, -0.05) is 11.6 Å². The number of benzene rings is 1. The smallest absolute Gasteiger partial charge is 0.277 e. The molecular formula is C13H11ClN2O2S. The van der Waals surface area contributed by atoms with E-state index in [0.29, 0.717) is 10.8 Å². The van der Waals surface area contributed by atoms with Crippen LogP contribution in [0.3, 0.4) is 0 Å². The Kier molecular flexibility index (Phi) is 4.94. The average Bonchev–Trinajstić information content (AvgIpc) is 2.91. The van der Waals surface area contributed by atoms with E-state index in [1.807, 2.05) is 16.8 Å². The summed E-state index contributed by atoms with van der Waals surface area (Å²) in [6.45, 7) is -0.0946. The van der Waals surface area contributed by atoms with E-state index in [1.165, 1.54) is 0 Å². The molecule has 0 unspecified atom stereocenters. The molecule has 0 aliphatic carbocycles. The molecule has 0 saturated carbocycles. The van der Waals surface area contributed by atoms with Gasteiger partial charge in [0.2, 0.25) is 0 Å². The summed E-state index contributed by atoms with van der Waals surface area (Å²) in [6.07, 6.45) is 1.58. The van der Waals surface area contributed by atoms with Crippen LogP contribution in [0.25, 0.3) is 0 Å². The number of ether oxygens (including phenoxy) is 1. The van der Waals surface area contributed by atoms with Crippen molar-refractivity contribution in [3.05, 3.63) is 51.7 Å². The van der Waals surface area contributed by atoms with Gasteiger partial charge < -0.3 is 4.74 Å². The molecule has 1 N–H and O–H groups in total. The molecule has 2 aromatic rings. The first-order valence-corrected chi connectivity index (χ1v) is 6.78. The molecule has 1 heterocycles. The number of nitrogens with zero attached hydrogens (tertiary/aromatic N) is 1. The molecule has 0 radical (unpaired) electrons. The predicted molar refractivity (Wildman–Crippen MR) is 77.0 cm³/mol. The quantitative estimate of drug-likeness (QED) is 0.681. The fourth-order valence-electron chi connectivity index (χ4n) is 1.24. The lowest BCUT2D eigenvalue weighted by atomic mass is 10.3. The Bertz CT molecular complexity index is 553. The zero-order valence-corrected chi connectivity index (χ0v) is 11.4. The SMILES string of the molecule is O=C(COc1ccc(Cl)cc1)N/N=C\c1ccsc1. The van der Waals surface area contributed by atoms with Crippen molar-refractivity contribution in [3.8, 4) is 5.75 Å². The minimum Gasteiger partial charge on any atom is -0.484 e. The predicted octanol–water partition coefficient (Wildman–Crippen LogP) is 2.93. The summed E-state index contributed by atoms with van der Waals surface area (Å²) in [4.78, 5) is 11.4. The molecule has 19 heavy (non-hydrogen) atoms. The van der Waals surface area contributed by atoms with Crippen molar-refractivity contribution in [2.24, 2.45) is 5.10 Å². The van der Waals surface area contributed by atoms with E-state index >= 15 is 0 Å². The average molecular weight is 295 g/mol. The summed E-state index contributed by atoms with van der Waals surface area (Å²) in [5.74, 6) is 0.266. The van der Waals surface area contributed by atoms with Crippen LogP contribution in [-0.4, -0.2) is 18.7 Å². The van der Waals surface area contributed by atoms with Crippen molar-refractivity contribution in [1.82, 2.24) is 5.43 Å². The number of nitrogens with one attached hydrogen (secondary N) is 1. The van der Waals surface area contributed by atoms with E-state index in [9.17, 15) is 4.79 Å². The van der Waals surface area contributed by atoms with E-state index in [2.05, 4.69) is 10.5 Å². The van der Waals surface area contributed by atoms with E-state index in [-0.39, 0.29) is 12.5 Å². The molecule has 0 bridgehead atoms. The topological polar surface area (TPSA) is 50.7 Å². The fourth-order valence-corrected chi connectivity index (χ4v) is 1.98. The third kappa shape index (κ3) is 4.73. The van der Waals surface area contributed by atoms with Gasteiger partial charge in [0.25, 0.3) is 5.91 Å². The van der Waals surface area contributed by atoms with Crippen LogP contribution in [0.2, 0.25) is 5.02 Å². The number of carbonyl (C=O) groups excluding carboxylic acids is 1. The summed E-state index contributed by atoms with van der Waals surface area (Å²) >= 11 is 7.31. The van der Waals surface area contributed by atoms with Crippen molar-refractivity contribution in [2.75, 3.05) is 6.61 Å². The van der Waals surface area contributed by atoms with Crippen molar-refractivity contribution in [2.45, 2.75) is 0 Å². The Balaban J connectivity index is 1.74. The molecular weight excluding hydrogens is 284 g/mol. The van der Waals surface area contributed by atoms with Crippen molar-refractivity contribution >= 4 is 35.1 Å². The third-order valence-corrected chi connectivity index (χ3v) is 3.08. The van der Waals surface area contributed by atoms with Gasteiger partial charge >= 0.3 is 0 Å². The number of thiophene rings is 1. The Morgan fingerprint density at radius 3 is 2.84 bits per heavy atom. The summed E-state index contributed by atoms with van der Waals surface area (Å²) in [5, 5.41) is 8.31. The van der Waals surface area contributed by atoms with Crippen LogP contribution in [0, 0.1) is 0 Å². The third-order valence-electron chi connectivity index (χ3n) is 2.13. The highest BCUT2D eigenvalue weighted by Crippen LogP contribution is 2.15. The molecule has 0 spiro atoms. The molecule has 1 aromatic carbocycles. The van der Waals surface area contributed by atoms with Gasteiger partial charge in [0, 0.05) is 10.6 Å². The van der Waals surface area contributed by atoms with E-state index < -0.39 is 0 Å². The number of hydrazone groups is 1. The second-order valence-corrected chi connectivity index (χ2v) is 4.81. The summed E-state index contributed by atoms with van der Waals surface area (Å²) in [6, 6.07) is 8.70. The highest BCUT2D eigenvalue weighted by molar-refractivity contribution is 7.08. The molecule has 1 aromatic heterocycles. The number of hydrogen-bond acceptors (Lipinski definition) is 4. The van der Waals surface area contributed by atoms with Crippen LogP contribution in [0.5, 0.6) is 5.75 Å². The van der Waals surface area contributed by atoms with Crippen LogP contribution in [0.1, 0.15) is 5.56 Å². The maximum Gasteiger partial charge on any atom is 0.277 e. The first-order chi connectivity index (χ1) is 9.24. The maximum absolute atomic E-state index is 11.4. The lowest BCUT2D eigenvalue weighted by Crippen LogP contribution is -2.24. The molecule has 0 atom stereocenters. The molecule has 6 heteroatoms. The second-order valence-electron chi connectivity index (χ2n) is 3.59. The van der Waals surface area contributed by atoms with Crippen LogP contribution in [0.4, 0.5) is 0 Å². The van der Waals surface area contributed by atoms with Crippen LogP contribution in [0.15, 0.2) is 46.2 Å². The van der Waals surface area contributed by atoms with E-state index in [0.717, 1.165) is 5.56 Å². The minimum atomic E-state index is -0.318. The minimum absolute atomic E-state index is 0.0946. The molecule has 4 nitrogen and oxygen atoms in total. The normalized spacial score (nSPS) is 10.6. The molecule has 0 saturated heterocycles. The Morgan fingerprint density at radius 2 is 2.16 bits per heavy atom. The van der Waals surface area contributed by atoms with Gasteiger partial charge in [0.15, 0.2) is 6.61 Å². The van der Waals surface area contributed by atoms with E-state index in [4.69, 9.17) is 16.3 Å². The van der Waals surface area contributed by atoms with Gasteiger partial charge in [-0.2, -0.15) is 16.4 Å². The second kappa shape index (κ2) is 6.92. The first-order valence-electron chi connectivity index (χ1n) is 5.46. The summed E-state index contributed by atoms with van der Waals surface area (Å²) < 4.78 is 5.27. The summed E-state index contributed by atoms with van der Waals surface area (Å²) in [5.41, 5.74) is 3.33. The van der Waals surface area contributed by atoms with Crippen molar-refractivity contribution in [1.29, 1.82) is 0 Å². The highest BCUT2D eigenvalue weighted by atomic mass is 35.5. The standard InChI is InChI=1S/C13H11ClN2O2S/c14-11-1-3-12(4-2-11)18-8-13(17)16-15-7-10-5-6-19-9-10/h1-7,9H,8H2,(H,16,17)/b15-7-. The zero-order chi connectivity index (χ0) is 13.5. The Hall–Kier alpha value is -1.85. The Labute approximate surface area is 119 Å². The largest absolute Gasteiger partial charge is 0.484 e. The van der Waals surface area contributed by atoms with Gasteiger partial charge in [0.05, 0.1) is 6.21 Å². The number of amides is 1. The Morgan fingerprint density at radius 1 is 1.37 bits per heavy atom. The van der Waals surface area contributed by atoms with Crippen LogP contribution >= 0.6 is 22.9 Å². The molecule has 0 aliphatic rings. The van der Waals surface area contributed by atoms with Gasteiger partial charge in [-0.25, -0.2) is 5.43 Å². The zero-order valence-electron chi connectivity index (χ0n) is 9.88. The highest BCUT2D eigenvalue weighted by Gasteiger charge is 2.01. The van der Waals surface area contributed by atoms with Gasteiger partial charge in [-0.05, 0) is 41.1 Å². The number of rotatable bonds is 5. The number of carbonyl (C=O) groups is 1. The maximum atomic E-state index is 11.4. The molecule has 2 rings (SSSR count). The molecule has 1 amide bonds. The fraction of sp³-hybridized carbons (Fsp3) is 0.0769. The summed E-state index contributed by atoms with van der Waals surface area (Å²) in [7, 11) is 0. The van der Waals surface area contributed by atoms with Crippen molar-refractivity contribution < 1.29 is 9.53 Å². The first kappa shape index (κ1) is 13.6. The van der Waals surface area contributed by atoms with Gasteiger partial charge in [-0.15, -0.1) is 0 Å². The van der Waals surface area contributed by atoms with Crippen LogP contribution < -0.4 is 10.2 Å². The van der Waals surface area contributed by atoms with Gasteiger partial charge in [-0.3, -0.25) is 4.79 Å². The number of hydrogen-bond donors (Lipinski definition) is 1. The lowest BCUT2D eigenvalue weighted by Gasteiger charge is -2.04. The molecule has 0 fully saturated rings. The van der Waals surface area contributed by atoms with Crippen molar-refractivity contribution in [3.63, 3.8) is 0 Å². The monoisotopic (exact) mass is 294 g/mol. The molecule has 0 aliphatic heterocycles. The van der Waals surface area contributed by atoms with Gasteiger partial charge in [0.1, 0.15) is 5.75 Å². The van der Waals surface area contributed by atoms with Crippen LogP contribution in [-0.2, 0) is 4.79 Å². The number of halogens is 1. The molecule has 98 valence electrons. The lowest BCUT2D eigenvalue weighted by molar-refractivity contribution is -0.123. The van der Waals surface area contributed by atoms with E-state index in [1.54, 1.807) is 41.8 Å².